The fourth-order valence-electron chi connectivity index (χ4n) is 1.60. The van der Waals surface area contributed by atoms with Crippen LogP contribution in [0.4, 0.5) is 0 Å². The van der Waals surface area contributed by atoms with E-state index in [0.29, 0.717) is 11.3 Å². The molecule has 1 aromatic heterocycles. The maximum atomic E-state index is 11.3. The number of hydrogen-bond acceptors (Lipinski definition) is 3. The van der Waals surface area contributed by atoms with Crippen LogP contribution in [0.1, 0.15) is 5.56 Å². The van der Waals surface area contributed by atoms with Gasteiger partial charge in [0.2, 0.25) is 0 Å². The second-order valence-corrected chi connectivity index (χ2v) is 6.14. The molecule has 0 saturated carbocycles. The summed E-state index contributed by atoms with van der Waals surface area (Å²) in [6.07, 6.45) is 1.57. The van der Waals surface area contributed by atoms with Crippen molar-refractivity contribution in [1.29, 1.82) is 0 Å². The van der Waals surface area contributed by atoms with Crippen molar-refractivity contribution in [3.8, 4) is 11.3 Å². The molecule has 18 heavy (non-hydrogen) atoms. The van der Waals surface area contributed by atoms with Crippen molar-refractivity contribution in [2.24, 2.45) is 0 Å². The molecule has 0 aliphatic rings. The first-order valence-electron chi connectivity index (χ1n) is 5.08. The van der Waals surface area contributed by atoms with Crippen LogP contribution in [0, 0.1) is 6.92 Å². The van der Waals surface area contributed by atoms with Crippen LogP contribution in [0.2, 0.25) is 0 Å². The van der Waals surface area contributed by atoms with Crippen LogP contribution in [0.25, 0.3) is 11.3 Å². The summed E-state index contributed by atoms with van der Waals surface area (Å²) in [6, 6.07) is 8.14. The van der Waals surface area contributed by atoms with E-state index in [0.717, 1.165) is 10.0 Å². The van der Waals surface area contributed by atoms with Crippen LogP contribution in [0.15, 0.2) is 45.9 Å². The Balaban J connectivity index is 2.69. The minimum Gasteiger partial charge on any atom is -0.282 e. The Morgan fingerprint density at radius 2 is 1.94 bits per heavy atom. The summed E-state index contributed by atoms with van der Waals surface area (Å²) in [6.45, 7) is 1.84. The summed E-state index contributed by atoms with van der Waals surface area (Å²) >= 11 is 3.26. The van der Waals surface area contributed by atoms with Crippen molar-refractivity contribution in [3.63, 3.8) is 0 Å². The molecule has 1 heterocycles. The van der Waals surface area contributed by atoms with E-state index in [9.17, 15) is 13.0 Å². The zero-order valence-corrected chi connectivity index (χ0v) is 11.9. The summed E-state index contributed by atoms with van der Waals surface area (Å²) in [4.78, 5) is 4.01. The maximum Gasteiger partial charge on any atom is 0.295 e. The van der Waals surface area contributed by atoms with Gasteiger partial charge < -0.3 is 0 Å². The number of aromatic nitrogens is 1. The second-order valence-electron chi connectivity index (χ2n) is 3.84. The summed E-state index contributed by atoms with van der Waals surface area (Å²) < 4.78 is 32.7. The lowest BCUT2D eigenvalue weighted by Crippen LogP contribution is -2.01. The van der Waals surface area contributed by atoms with Crippen LogP contribution >= 0.6 is 15.9 Å². The summed E-state index contributed by atoms with van der Waals surface area (Å²) in [5, 5.41) is 0. The summed E-state index contributed by atoms with van der Waals surface area (Å²) in [5.41, 5.74) is 1.78. The zero-order valence-electron chi connectivity index (χ0n) is 9.46. The smallest absolute Gasteiger partial charge is 0.282 e. The molecule has 1 N–H and O–H groups in total. The Bertz CT molecular complexity index is 681. The third-order valence-corrected chi connectivity index (χ3v) is 3.80. The van der Waals surface area contributed by atoms with E-state index in [-0.39, 0.29) is 4.90 Å². The van der Waals surface area contributed by atoms with Crippen molar-refractivity contribution in [2.45, 2.75) is 11.8 Å². The number of rotatable bonds is 2. The first-order chi connectivity index (χ1) is 8.38. The largest absolute Gasteiger partial charge is 0.295 e. The molecule has 0 atom stereocenters. The van der Waals surface area contributed by atoms with E-state index >= 15 is 0 Å². The molecule has 0 unspecified atom stereocenters. The van der Waals surface area contributed by atoms with Gasteiger partial charge in [-0.2, -0.15) is 8.42 Å². The van der Waals surface area contributed by atoms with E-state index in [1.165, 1.54) is 6.07 Å². The van der Waals surface area contributed by atoms with E-state index < -0.39 is 10.1 Å². The Kier molecular flexibility index (Phi) is 3.52. The topological polar surface area (TPSA) is 67.3 Å². The monoisotopic (exact) mass is 327 g/mol. The number of nitrogens with zero attached hydrogens (tertiary/aromatic N) is 1. The highest BCUT2D eigenvalue weighted by molar-refractivity contribution is 9.10. The van der Waals surface area contributed by atoms with Crippen LogP contribution in [-0.2, 0) is 10.1 Å². The van der Waals surface area contributed by atoms with E-state index in [1.54, 1.807) is 30.5 Å². The average molecular weight is 328 g/mol. The first-order valence-corrected chi connectivity index (χ1v) is 7.31. The molecule has 2 aromatic rings. The van der Waals surface area contributed by atoms with Crippen molar-refractivity contribution in [1.82, 2.24) is 4.98 Å². The molecule has 94 valence electrons. The average Bonchev–Trinajstić information content (AvgIpc) is 2.28. The van der Waals surface area contributed by atoms with Crippen molar-refractivity contribution >= 4 is 26.0 Å². The van der Waals surface area contributed by atoms with E-state index in [2.05, 4.69) is 20.9 Å². The molecule has 0 amide bonds. The van der Waals surface area contributed by atoms with Gasteiger partial charge in [0.05, 0.1) is 5.69 Å². The van der Waals surface area contributed by atoms with Gasteiger partial charge in [0, 0.05) is 16.2 Å². The van der Waals surface area contributed by atoms with Gasteiger partial charge in [0.25, 0.3) is 10.1 Å². The number of benzene rings is 1. The Morgan fingerprint density at radius 3 is 2.50 bits per heavy atom. The molecule has 6 heteroatoms. The SMILES string of the molecule is Cc1ccc(S(=O)(=O)O)c(-c2ccc(Br)cn2)c1. The molecule has 1 aromatic carbocycles. The van der Waals surface area contributed by atoms with E-state index in [4.69, 9.17) is 0 Å². The fraction of sp³-hybridized carbons (Fsp3) is 0.0833. The van der Waals surface area contributed by atoms with Crippen LogP contribution in [0.3, 0.4) is 0 Å². The minimum atomic E-state index is -4.26. The number of halogens is 1. The molecule has 2 rings (SSSR count). The summed E-state index contributed by atoms with van der Waals surface area (Å²) in [5.74, 6) is 0. The lowest BCUT2D eigenvalue weighted by molar-refractivity contribution is 0.483. The Morgan fingerprint density at radius 1 is 1.22 bits per heavy atom. The predicted octanol–water partition coefficient (Wildman–Crippen LogP) is 3.07. The van der Waals surface area contributed by atoms with Gasteiger partial charge in [0.1, 0.15) is 4.90 Å². The third kappa shape index (κ3) is 2.77. The van der Waals surface area contributed by atoms with Crippen LogP contribution < -0.4 is 0 Å². The zero-order chi connectivity index (χ0) is 13.3. The molecule has 0 aliphatic heterocycles. The Labute approximate surface area is 114 Å². The normalized spacial score (nSPS) is 11.5. The molecule has 0 spiro atoms. The van der Waals surface area contributed by atoms with Gasteiger partial charge in [-0.15, -0.1) is 0 Å². The predicted molar refractivity (Wildman–Crippen MR) is 71.9 cm³/mol. The maximum absolute atomic E-state index is 11.3. The molecular formula is C12H10BrNO3S. The number of aryl methyl sites for hydroxylation is 1. The highest BCUT2D eigenvalue weighted by Crippen LogP contribution is 2.27. The molecular weight excluding hydrogens is 318 g/mol. The first kappa shape index (κ1) is 13.2. The van der Waals surface area contributed by atoms with Gasteiger partial charge in [-0.1, -0.05) is 11.6 Å². The fourth-order valence-corrected chi connectivity index (χ4v) is 2.52. The van der Waals surface area contributed by atoms with Crippen LogP contribution in [0.5, 0.6) is 0 Å². The Hall–Kier alpha value is -1.24. The molecule has 0 saturated heterocycles. The van der Waals surface area contributed by atoms with Gasteiger partial charge >= 0.3 is 0 Å². The second kappa shape index (κ2) is 4.79. The molecule has 0 aliphatic carbocycles. The van der Waals surface area contributed by atoms with Crippen molar-refractivity contribution in [3.05, 3.63) is 46.6 Å². The van der Waals surface area contributed by atoms with Gasteiger partial charge in [-0.3, -0.25) is 9.54 Å². The number of hydrogen-bond donors (Lipinski definition) is 1. The quantitative estimate of drug-likeness (QED) is 0.861. The van der Waals surface area contributed by atoms with Gasteiger partial charge in [-0.05, 0) is 47.1 Å². The lowest BCUT2D eigenvalue weighted by Gasteiger charge is -2.07. The van der Waals surface area contributed by atoms with Crippen LogP contribution in [-0.4, -0.2) is 18.0 Å². The standard InChI is InChI=1S/C12H10BrNO3S/c1-8-2-5-12(18(15,16)17)10(6-8)11-4-3-9(13)7-14-11/h2-7H,1H3,(H,15,16,17). The molecule has 4 nitrogen and oxygen atoms in total. The number of pyridine rings is 1. The highest BCUT2D eigenvalue weighted by Gasteiger charge is 2.17. The summed E-state index contributed by atoms with van der Waals surface area (Å²) in [7, 11) is -4.26. The minimum absolute atomic E-state index is 0.136. The third-order valence-electron chi connectivity index (χ3n) is 2.42. The van der Waals surface area contributed by atoms with Gasteiger partial charge in [0.15, 0.2) is 0 Å². The van der Waals surface area contributed by atoms with Crippen molar-refractivity contribution < 1.29 is 13.0 Å². The van der Waals surface area contributed by atoms with E-state index in [1.807, 2.05) is 6.92 Å². The highest BCUT2D eigenvalue weighted by atomic mass is 79.9. The molecule has 0 radical (unpaired) electrons. The molecule has 0 bridgehead atoms. The van der Waals surface area contributed by atoms with Crippen molar-refractivity contribution in [2.75, 3.05) is 0 Å². The lowest BCUT2D eigenvalue weighted by atomic mass is 10.1. The molecule has 0 fully saturated rings. The van der Waals surface area contributed by atoms with Gasteiger partial charge in [-0.25, -0.2) is 0 Å².